The summed E-state index contributed by atoms with van der Waals surface area (Å²) < 4.78 is 0. The molecular weight excluding hydrogens is 144 g/mol. The zero-order valence-corrected chi connectivity index (χ0v) is 7.95. The van der Waals surface area contributed by atoms with Crippen molar-refractivity contribution in [2.24, 2.45) is 5.92 Å². The van der Waals surface area contributed by atoms with E-state index in [0.29, 0.717) is 5.92 Å². The summed E-state index contributed by atoms with van der Waals surface area (Å²) in [5.74, 6) is 1.68. The smallest absolute Gasteiger partial charge is 0.0537 e. The largest absolute Gasteiger partial charge is 0.393 e. The van der Waals surface area contributed by atoms with Gasteiger partial charge in [-0.25, -0.2) is 0 Å². The normalized spacial score (nSPS) is 16.8. The van der Waals surface area contributed by atoms with Crippen LogP contribution in [0.15, 0.2) is 0 Å². The predicted octanol–water partition coefficient (Wildman–Crippen LogP) is 2.15. The summed E-state index contributed by atoms with van der Waals surface area (Å²) in [6.07, 6.45) is 4.36. The molecule has 62 valence electrons. The maximum absolute atomic E-state index is 9.11. The van der Waals surface area contributed by atoms with E-state index < -0.39 is 0 Å². The third-order valence-corrected chi connectivity index (χ3v) is 2.53. The van der Waals surface area contributed by atoms with E-state index in [1.165, 1.54) is 12.2 Å². The quantitative estimate of drug-likeness (QED) is 0.625. The Hall–Kier alpha value is 0.310. The van der Waals surface area contributed by atoms with Crippen LogP contribution in [0.25, 0.3) is 0 Å². The van der Waals surface area contributed by atoms with Gasteiger partial charge in [0.2, 0.25) is 0 Å². The van der Waals surface area contributed by atoms with Gasteiger partial charge in [0.1, 0.15) is 0 Å². The van der Waals surface area contributed by atoms with Crippen molar-refractivity contribution in [3.8, 4) is 0 Å². The van der Waals surface area contributed by atoms with Crippen LogP contribution in [-0.4, -0.2) is 23.2 Å². The van der Waals surface area contributed by atoms with Gasteiger partial charge in [-0.2, -0.15) is 11.8 Å². The first kappa shape index (κ1) is 10.3. The molecule has 0 aliphatic rings. The highest BCUT2D eigenvalue weighted by molar-refractivity contribution is 7.98. The lowest BCUT2D eigenvalue weighted by Gasteiger charge is -2.13. The van der Waals surface area contributed by atoms with Gasteiger partial charge in [0.15, 0.2) is 0 Å². The van der Waals surface area contributed by atoms with Gasteiger partial charge >= 0.3 is 0 Å². The van der Waals surface area contributed by atoms with Gasteiger partial charge < -0.3 is 5.11 Å². The standard InChI is InChI=1S/C8H18OS/c1-7(8(2)9)5-4-6-10-3/h7-9H,4-6H2,1-3H3. The van der Waals surface area contributed by atoms with E-state index in [2.05, 4.69) is 13.2 Å². The monoisotopic (exact) mass is 162 g/mol. The number of hydrogen-bond donors (Lipinski definition) is 1. The topological polar surface area (TPSA) is 20.2 Å². The van der Waals surface area contributed by atoms with Crippen molar-refractivity contribution in [2.45, 2.75) is 32.8 Å². The fourth-order valence-electron chi connectivity index (χ4n) is 0.791. The Bertz CT molecular complexity index is 73.7. The summed E-state index contributed by atoms with van der Waals surface area (Å²) in [7, 11) is 0. The summed E-state index contributed by atoms with van der Waals surface area (Å²) in [5.41, 5.74) is 0. The van der Waals surface area contributed by atoms with Crippen LogP contribution in [0, 0.1) is 5.92 Å². The lowest BCUT2D eigenvalue weighted by Crippen LogP contribution is -2.12. The van der Waals surface area contributed by atoms with Crippen molar-refractivity contribution < 1.29 is 5.11 Å². The van der Waals surface area contributed by atoms with E-state index in [1.807, 2.05) is 18.7 Å². The zero-order chi connectivity index (χ0) is 7.98. The van der Waals surface area contributed by atoms with Gasteiger partial charge in [0.05, 0.1) is 6.10 Å². The lowest BCUT2D eigenvalue weighted by atomic mass is 10.0. The minimum absolute atomic E-state index is 0.137. The van der Waals surface area contributed by atoms with Crippen LogP contribution in [0.1, 0.15) is 26.7 Å². The molecule has 0 radical (unpaired) electrons. The molecule has 0 spiro atoms. The molecule has 2 unspecified atom stereocenters. The van der Waals surface area contributed by atoms with Gasteiger partial charge in [-0.15, -0.1) is 0 Å². The minimum atomic E-state index is -0.137. The molecule has 0 saturated carbocycles. The average molecular weight is 162 g/mol. The van der Waals surface area contributed by atoms with Gasteiger partial charge in [0, 0.05) is 0 Å². The molecule has 0 saturated heterocycles. The van der Waals surface area contributed by atoms with Crippen LogP contribution < -0.4 is 0 Å². The molecule has 0 rings (SSSR count). The zero-order valence-electron chi connectivity index (χ0n) is 7.13. The highest BCUT2D eigenvalue weighted by atomic mass is 32.2. The second-order valence-electron chi connectivity index (χ2n) is 2.85. The molecular formula is C8H18OS. The van der Waals surface area contributed by atoms with E-state index >= 15 is 0 Å². The lowest BCUT2D eigenvalue weighted by molar-refractivity contribution is 0.130. The number of hydrogen-bond acceptors (Lipinski definition) is 2. The number of rotatable bonds is 5. The molecule has 0 aromatic carbocycles. The van der Waals surface area contributed by atoms with Crippen molar-refractivity contribution in [1.82, 2.24) is 0 Å². The van der Waals surface area contributed by atoms with Crippen molar-refractivity contribution in [2.75, 3.05) is 12.0 Å². The second-order valence-corrected chi connectivity index (χ2v) is 3.84. The summed E-state index contributed by atoms with van der Waals surface area (Å²) in [6, 6.07) is 0. The molecule has 0 aromatic heterocycles. The van der Waals surface area contributed by atoms with Crippen molar-refractivity contribution in [3.05, 3.63) is 0 Å². The number of aliphatic hydroxyl groups is 1. The van der Waals surface area contributed by atoms with E-state index in [9.17, 15) is 0 Å². The van der Waals surface area contributed by atoms with Crippen LogP contribution in [0.4, 0.5) is 0 Å². The van der Waals surface area contributed by atoms with Gasteiger partial charge in [0.25, 0.3) is 0 Å². The van der Waals surface area contributed by atoms with Crippen LogP contribution in [0.2, 0.25) is 0 Å². The summed E-state index contributed by atoms with van der Waals surface area (Å²) in [5, 5.41) is 9.11. The fourth-order valence-corrected chi connectivity index (χ4v) is 1.25. The highest BCUT2D eigenvalue weighted by Crippen LogP contribution is 2.11. The molecule has 10 heavy (non-hydrogen) atoms. The van der Waals surface area contributed by atoms with Crippen LogP contribution >= 0.6 is 11.8 Å². The molecule has 1 nitrogen and oxygen atoms in total. The SMILES string of the molecule is CSCCCC(C)C(C)O. The van der Waals surface area contributed by atoms with E-state index in [1.54, 1.807) is 0 Å². The second kappa shape index (κ2) is 6.05. The predicted molar refractivity (Wildman–Crippen MR) is 48.5 cm³/mol. The average Bonchev–Trinajstić information content (AvgIpc) is 1.88. The summed E-state index contributed by atoms with van der Waals surface area (Å²) >= 11 is 1.87. The van der Waals surface area contributed by atoms with Gasteiger partial charge in [-0.1, -0.05) is 6.92 Å². The molecule has 1 N–H and O–H groups in total. The van der Waals surface area contributed by atoms with Gasteiger partial charge in [-0.3, -0.25) is 0 Å². The Morgan fingerprint density at radius 2 is 2.00 bits per heavy atom. The molecule has 0 fully saturated rings. The molecule has 2 heteroatoms. The third-order valence-electron chi connectivity index (χ3n) is 1.83. The number of aliphatic hydroxyl groups excluding tert-OH is 1. The Labute approximate surface area is 68.2 Å². The van der Waals surface area contributed by atoms with Gasteiger partial charge in [-0.05, 0) is 37.7 Å². The van der Waals surface area contributed by atoms with Crippen molar-refractivity contribution in [3.63, 3.8) is 0 Å². The number of thioether (sulfide) groups is 1. The molecule has 0 aliphatic heterocycles. The molecule has 0 amide bonds. The molecule has 0 aromatic rings. The Balaban J connectivity index is 3.13. The first-order valence-corrected chi connectivity index (χ1v) is 5.25. The first-order valence-electron chi connectivity index (χ1n) is 3.85. The van der Waals surface area contributed by atoms with Crippen LogP contribution in [-0.2, 0) is 0 Å². The van der Waals surface area contributed by atoms with Crippen LogP contribution in [0.3, 0.4) is 0 Å². The van der Waals surface area contributed by atoms with E-state index in [4.69, 9.17) is 5.11 Å². The molecule has 0 bridgehead atoms. The molecule has 0 heterocycles. The molecule has 2 atom stereocenters. The maximum atomic E-state index is 9.11. The van der Waals surface area contributed by atoms with Crippen molar-refractivity contribution in [1.29, 1.82) is 0 Å². The summed E-state index contributed by atoms with van der Waals surface area (Å²) in [4.78, 5) is 0. The minimum Gasteiger partial charge on any atom is -0.393 e. The summed E-state index contributed by atoms with van der Waals surface area (Å²) in [6.45, 7) is 3.97. The fraction of sp³-hybridized carbons (Fsp3) is 1.00. The van der Waals surface area contributed by atoms with Crippen molar-refractivity contribution >= 4 is 11.8 Å². The molecule has 0 aliphatic carbocycles. The third kappa shape index (κ3) is 5.12. The van der Waals surface area contributed by atoms with E-state index in [0.717, 1.165) is 6.42 Å². The van der Waals surface area contributed by atoms with E-state index in [-0.39, 0.29) is 6.10 Å². The first-order chi connectivity index (χ1) is 4.68. The Morgan fingerprint density at radius 1 is 1.40 bits per heavy atom. The highest BCUT2D eigenvalue weighted by Gasteiger charge is 2.06. The van der Waals surface area contributed by atoms with Crippen LogP contribution in [0.5, 0.6) is 0 Å². The maximum Gasteiger partial charge on any atom is 0.0537 e. The Kier molecular flexibility index (Phi) is 6.24. The Morgan fingerprint density at radius 3 is 2.40 bits per heavy atom.